The standard InChI is InChI=1S/C18H26N4O2/c1-14(2)13-24-16-12-22(15-8-6-5-7-9-15)20-17(16)18(23)21(4)11-10-19-3/h5-9,12,14,19H,10-11,13H2,1-4H3. The van der Waals surface area contributed by atoms with Crippen LogP contribution in [0, 0.1) is 5.92 Å². The number of aromatic nitrogens is 2. The van der Waals surface area contributed by atoms with Gasteiger partial charge in [0.25, 0.3) is 5.91 Å². The Labute approximate surface area is 143 Å². The van der Waals surface area contributed by atoms with E-state index < -0.39 is 0 Å². The third kappa shape index (κ3) is 4.58. The van der Waals surface area contributed by atoms with E-state index in [4.69, 9.17) is 4.74 Å². The van der Waals surface area contributed by atoms with Crippen LogP contribution in [-0.4, -0.2) is 54.4 Å². The minimum atomic E-state index is -0.140. The summed E-state index contributed by atoms with van der Waals surface area (Å²) in [5.41, 5.74) is 1.24. The highest BCUT2D eigenvalue weighted by atomic mass is 16.5. The molecule has 24 heavy (non-hydrogen) atoms. The number of para-hydroxylation sites is 1. The SMILES string of the molecule is CNCCN(C)C(=O)c1nn(-c2ccccc2)cc1OCC(C)C. The molecule has 0 saturated heterocycles. The number of likely N-dealkylation sites (N-methyl/N-ethyl adjacent to an activating group) is 2. The van der Waals surface area contributed by atoms with Crippen LogP contribution in [0.15, 0.2) is 36.5 Å². The Morgan fingerprint density at radius 3 is 2.67 bits per heavy atom. The lowest BCUT2D eigenvalue weighted by Gasteiger charge is -2.16. The summed E-state index contributed by atoms with van der Waals surface area (Å²) in [5.74, 6) is 0.752. The molecule has 6 heteroatoms. The first-order chi connectivity index (χ1) is 11.5. The third-order valence-corrected chi connectivity index (χ3v) is 3.52. The van der Waals surface area contributed by atoms with Crippen LogP contribution in [0.2, 0.25) is 0 Å². The minimum absolute atomic E-state index is 0.140. The molecule has 130 valence electrons. The fourth-order valence-corrected chi connectivity index (χ4v) is 2.14. The summed E-state index contributed by atoms with van der Waals surface area (Å²) in [6.07, 6.45) is 1.77. The molecule has 1 N–H and O–H groups in total. The molecule has 1 heterocycles. The molecule has 6 nitrogen and oxygen atoms in total. The second-order valence-electron chi connectivity index (χ2n) is 6.16. The molecule has 1 amide bonds. The predicted molar refractivity (Wildman–Crippen MR) is 94.8 cm³/mol. The Bertz CT molecular complexity index is 652. The molecule has 0 aliphatic rings. The van der Waals surface area contributed by atoms with Gasteiger partial charge in [-0.3, -0.25) is 4.79 Å². The van der Waals surface area contributed by atoms with Crippen molar-refractivity contribution < 1.29 is 9.53 Å². The zero-order valence-electron chi connectivity index (χ0n) is 14.8. The van der Waals surface area contributed by atoms with Crippen molar-refractivity contribution in [3.8, 4) is 11.4 Å². The molecule has 2 aromatic rings. The molecular formula is C18H26N4O2. The van der Waals surface area contributed by atoms with Gasteiger partial charge < -0.3 is 15.0 Å². The number of hydrogen-bond acceptors (Lipinski definition) is 4. The molecule has 0 aliphatic carbocycles. The van der Waals surface area contributed by atoms with Crippen molar-refractivity contribution >= 4 is 5.91 Å². The van der Waals surface area contributed by atoms with Gasteiger partial charge in [0.15, 0.2) is 11.4 Å². The van der Waals surface area contributed by atoms with E-state index in [0.29, 0.717) is 30.5 Å². The Morgan fingerprint density at radius 2 is 2.04 bits per heavy atom. The lowest BCUT2D eigenvalue weighted by Crippen LogP contribution is -2.33. The van der Waals surface area contributed by atoms with Crippen molar-refractivity contribution in [1.29, 1.82) is 0 Å². The molecular weight excluding hydrogens is 304 g/mol. The number of carbonyl (C=O) groups is 1. The number of nitrogens with one attached hydrogen (secondary N) is 1. The second-order valence-corrected chi connectivity index (χ2v) is 6.16. The maximum Gasteiger partial charge on any atom is 0.278 e. The number of carbonyl (C=O) groups excluding carboxylic acids is 1. The quantitative estimate of drug-likeness (QED) is 0.806. The van der Waals surface area contributed by atoms with Crippen molar-refractivity contribution in [2.45, 2.75) is 13.8 Å². The first kappa shape index (κ1) is 18.0. The Balaban J connectivity index is 2.29. The monoisotopic (exact) mass is 330 g/mol. The molecule has 0 bridgehead atoms. The van der Waals surface area contributed by atoms with Crippen LogP contribution in [0.3, 0.4) is 0 Å². The largest absolute Gasteiger partial charge is 0.489 e. The molecule has 0 fully saturated rings. The number of hydrogen-bond donors (Lipinski definition) is 1. The summed E-state index contributed by atoms with van der Waals surface area (Å²) >= 11 is 0. The Kier molecular flexibility index (Phi) is 6.37. The van der Waals surface area contributed by atoms with Crippen molar-refractivity contribution in [2.24, 2.45) is 5.92 Å². The van der Waals surface area contributed by atoms with Gasteiger partial charge in [0, 0.05) is 20.1 Å². The van der Waals surface area contributed by atoms with Gasteiger partial charge in [-0.25, -0.2) is 4.68 Å². The maximum absolute atomic E-state index is 12.7. The van der Waals surface area contributed by atoms with E-state index in [1.54, 1.807) is 22.8 Å². The van der Waals surface area contributed by atoms with Gasteiger partial charge in [-0.15, -0.1) is 0 Å². The van der Waals surface area contributed by atoms with E-state index in [0.717, 1.165) is 12.2 Å². The van der Waals surface area contributed by atoms with E-state index in [1.165, 1.54) is 0 Å². The normalized spacial score (nSPS) is 10.9. The van der Waals surface area contributed by atoms with Crippen LogP contribution >= 0.6 is 0 Å². The van der Waals surface area contributed by atoms with E-state index >= 15 is 0 Å². The maximum atomic E-state index is 12.7. The summed E-state index contributed by atoms with van der Waals surface area (Å²) in [4.78, 5) is 14.4. The predicted octanol–water partition coefficient (Wildman–Crippen LogP) is 2.20. The molecule has 0 spiro atoms. The van der Waals surface area contributed by atoms with Gasteiger partial charge in [0.2, 0.25) is 0 Å². The van der Waals surface area contributed by atoms with Crippen LogP contribution in [0.25, 0.3) is 5.69 Å². The summed E-state index contributed by atoms with van der Waals surface area (Å²) in [6, 6.07) is 9.70. The molecule has 0 radical (unpaired) electrons. The van der Waals surface area contributed by atoms with Crippen molar-refractivity contribution in [3.05, 3.63) is 42.2 Å². The zero-order valence-corrected chi connectivity index (χ0v) is 14.8. The van der Waals surface area contributed by atoms with E-state index in [2.05, 4.69) is 24.3 Å². The number of rotatable bonds is 8. The van der Waals surface area contributed by atoms with E-state index in [-0.39, 0.29) is 5.91 Å². The molecule has 2 rings (SSSR count). The first-order valence-electron chi connectivity index (χ1n) is 8.21. The molecule has 0 unspecified atom stereocenters. The Hall–Kier alpha value is -2.34. The van der Waals surface area contributed by atoms with Crippen molar-refractivity contribution in [2.75, 3.05) is 33.8 Å². The molecule has 0 saturated carbocycles. The highest BCUT2D eigenvalue weighted by Gasteiger charge is 2.22. The number of amides is 1. The lowest BCUT2D eigenvalue weighted by molar-refractivity contribution is 0.0785. The summed E-state index contributed by atoms with van der Waals surface area (Å²) in [6.45, 7) is 6.02. The lowest BCUT2D eigenvalue weighted by atomic mass is 10.2. The van der Waals surface area contributed by atoms with E-state index in [1.807, 2.05) is 37.4 Å². The topological polar surface area (TPSA) is 59.4 Å². The highest BCUT2D eigenvalue weighted by molar-refractivity contribution is 5.94. The average Bonchev–Trinajstić information content (AvgIpc) is 3.02. The van der Waals surface area contributed by atoms with Gasteiger partial charge >= 0.3 is 0 Å². The van der Waals surface area contributed by atoms with Gasteiger partial charge in [-0.1, -0.05) is 32.0 Å². The highest BCUT2D eigenvalue weighted by Crippen LogP contribution is 2.22. The van der Waals surface area contributed by atoms with Gasteiger partial charge in [0.05, 0.1) is 18.5 Å². The average molecular weight is 330 g/mol. The minimum Gasteiger partial charge on any atom is -0.489 e. The Morgan fingerprint density at radius 1 is 1.33 bits per heavy atom. The van der Waals surface area contributed by atoms with Crippen LogP contribution in [0.4, 0.5) is 0 Å². The van der Waals surface area contributed by atoms with Gasteiger partial charge in [0.1, 0.15) is 0 Å². The van der Waals surface area contributed by atoms with Crippen LogP contribution in [0.1, 0.15) is 24.3 Å². The second kappa shape index (κ2) is 8.49. The molecule has 1 aromatic heterocycles. The molecule has 0 aliphatic heterocycles. The summed E-state index contributed by atoms with van der Waals surface area (Å²) < 4.78 is 7.52. The fraction of sp³-hybridized carbons (Fsp3) is 0.444. The van der Waals surface area contributed by atoms with Gasteiger partial charge in [-0.2, -0.15) is 5.10 Å². The number of nitrogens with zero attached hydrogens (tertiary/aromatic N) is 3. The summed E-state index contributed by atoms with van der Waals surface area (Å²) in [7, 11) is 3.63. The first-order valence-corrected chi connectivity index (χ1v) is 8.21. The van der Waals surface area contributed by atoms with Crippen LogP contribution in [0.5, 0.6) is 5.75 Å². The fourth-order valence-electron chi connectivity index (χ4n) is 2.14. The molecule has 0 atom stereocenters. The zero-order chi connectivity index (χ0) is 17.5. The number of benzene rings is 1. The van der Waals surface area contributed by atoms with Crippen molar-refractivity contribution in [1.82, 2.24) is 20.0 Å². The summed E-state index contributed by atoms with van der Waals surface area (Å²) in [5, 5.41) is 7.51. The van der Waals surface area contributed by atoms with Gasteiger partial charge in [-0.05, 0) is 25.1 Å². The third-order valence-electron chi connectivity index (χ3n) is 3.52. The van der Waals surface area contributed by atoms with Crippen LogP contribution < -0.4 is 10.1 Å². The van der Waals surface area contributed by atoms with Crippen molar-refractivity contribution in [3.63, 3.8) is 0 Å². The molecule has 1 aromatic carbocycles. The van der Waals surface area contributed by atoms with E-state index in [9.17, 15) is 4.79 Å². The van der Waals surface area contributed by atoms with Crippen LogP contribution in [-0.2, 0) is 0 Å². The smallest absolute Gasteiger partial charge is 0.278 e. The number of ether oxygens (including phenoxy) is 1.